The van der Waals surface area contributed by atoms with Crippen molar-refractivity contribution in [3.05, 3.63) is 479 Å². The molecule has 25 aromatic rings. The zero-order chi connectivity index (χ0) is 101. The molecule has 0 unspecified atom stereocenters. The van der Waals surface area contributed by atoms with Crippen LogP contribution in [0.25, 0.3) is 230 Å². The first kappa shape index (κ1) is 91.7. The molecule has 3 aliphatic heterocycles. The summed E-state index contributed by atoms with van der Waals surface area (Å²) in [5.74, 6) is 2.61. The van der Waals surface area contributed by atoms with E-state index in [9.17, 15) is 0 Å². The van der Waals surface area contributed by atoms with E-state index in [1.165, 1.54) is 196 Å². The van der Waals surface area contributed by atoms with Crippen molar-refractivity contribution in [3.8, 4) is 100 Å². The number of ether oxygens (including phenoxy) is 1. The van der Waals surface area contributed by atoms with Crippen molar-refractivity contribution in [1.82, 2.24) is 15.0 Å². The van der Waals surface area contributed by atoms with Crippen molar-refractivity contribution in [2.75, 3.05) is 23.0 Å². The van der Waals surface area contributed by atoms with E-state index in [-0.39, 0.29) is 22.2 Å². The lowest BCUT2D eigenvalue weighted by atomic mass is 9.83. The summed E-state index contributed by atoms with van der Waals surface area (Å²) in [4.78, 5) is 34.3. The predicted molar refractivity (Wildman–Crippen MR) is 636 cm³/mol. The van der Waals surface area contributed by atoms with E-state index in [0.717, 1.165) is 67.8 Å². The third-order valence-electron chi connectivity index (χ3n) is 32.3. The molecular weight excluding hydrogens is 1820 g/mol. The second kappa shape index (κ2) is 36.8. The van der Waals surface area contributed by atoms with E-state index in [4.69, 9.17) is 29.7 Å². The van der Waals surface area contributed by atoms with E-state index in [1.807, 2.05) is 36.9 Å². The predicted octanol–water partition coefficient (Wildman–Crippen LogP) is 36.5. The highest BCUT2D eigenvalue weighted by atomic mass is 16.5. The Morgan fingerprint density at radius 3 is 0.847 bits per heavy atom. The Labute approximate surface area is 873 Å². The van der Waals surface area contributed by atoms with Crippen LogP contribution in [0.2, 0.25) is 0 Å². The number of rotatable bonds is 13. The van der Waals surface area contributed by atoms with Crippen molar-refractivity contribution >= 4 is 158 Å². The number of hydrogen-bond acceptors (Lipinski definition) is 9. The Balaban J connectivity index is 0.000000114. The van der Waals surface area contributed by atoms with Crippen LogP contribution in [-0.4, -0.2) is 67.8 Å². The van der Waals surface area contributed by atoms with Crippen molar-refractivity contribution in [2.24, 2.45) is 15.0 Å². The maximum Gasteiger partial charge on any atom is 0.235 e. The van der Waals surface area contributed by atoms with Crippen LogP contribution in [0, 0.1) is 0 Å². The van der Waals surface area contributed by atoms with E-state index in [2.05, 4.69) is 508 Å². The van der Waals surface area contributed by atoms with Crippen LogP contribution in [0.4, 0.5) is 11.4 Å². The molecule has 0 amide bonds. The minimum absolute atomic E-state index is 0.197. The van der Waals surface area contributed by atoms with E-state index in [0.29, 0.717) is 19.0 Å². The monoisotopic (exact) mass is 1930 g/mol. The first-order chi connectivity index (χ1) is 73.3. The van der Waals surface area contributed by atoms with Gasteiger partial charge in [-0.3, -0.25) is 20.0 Å². The molecule has 0 aliphatic carbocycles. The minimum Gasteiger partial charge on any atom is -0.474 e. The summed E-state index contributed by atoms with van der Waals surface area (Å²) in [5.41, 5.74) is 24.1. The number of benzene rings is 22. The Kier molecular flexibility index (Phi) is 22.5. The molecule has 0 saturated heterocycles. The molecule has 0 atom stereocenters. The lowest BCUT2D eigenvalue weighted by molar-refractivity contribution is 0.338. The molecule has 3 aliphatic rings. The van der Waals surface area contributed by atoms with Crippen molar-refractivity contribution < 1.29 is 4.74 Å². The Bertz CT molecular complexity index is 9940. The van der Waals surface area contributed by atoms with Gasteiger partial charge in [-0.25, -0.2) is 9.98 Å². The summed E-state index contributed by atoms with van der Waals surface area (Å²) in [6, 6.07) is 161. The van der Waals surface area contributed by atoms with Gasteiger partial charge in [-0.15, -0.1) is 0 Å². The van der Waals surface area contributed by atoms with Gasteiger partial charge in [0.2, 0.25) is 5.90 Å². The molecule has 9 heteroatoms. The van der Waals surface area contributed by atoms with Crippen molar-refractivity contribution in [1.29, 1.82) is 0 Å². The molecule has 9 nitrogen and oxygen atoms in total. The summed E-state index contributed by atoms with van der Waals surface area (Å²) in [6.45, 7) is 21.4. The third-order valence-corrected chi connectivity index (χ3v) is 32.3. The molecule has 150 heavy (non-hydrogen) atoms. The standard InChI is InChI=1S/C52H41N3.C47H39N3.C42H28N2O/c1-51(2)52(3,4)55(50(54-51)36-16-6-5-7-17-36)43-30-42(32-53-33-43)39-26-27-46-47(31-39)49(41-25-23-35-15-9-11-19-38(35)29-41)45-21-13-12-20-44(45)48(46)40-24-22-34-14-8-10-18-37(34)28-40;1-30-49-46(2,3)47(4,5)50(30)39-26-38(28-48-29-39)35-22-23-42-43(27-35)45(37-21-19-32-13-7-9-15-34(32)25-37)41-17-11-10-16-40(41)44(42)36-20-18-31-12-6-8-14-33(31)24-36;1-3-10-29-24-32(18-16-27(29)8-1)40-34-12-5-6-13-35(34)41(33-19-17-28-9-2-4-11-30(28)25-33)37-26-31(20-21-36(37)40)38-14-7-15-39(44-38)42-43-22-23-45-42/h5-33H,1-4H3;6-29H,1-5H3;1-21,24-26H,22-23H2. The zero-order valence-corrected chi connectivity index (χ0v) is 85.4. The summed E-state index contributed by atoms with van der Waals surface area (Å²) in [6.07, 6.45) is 7.95. The van der Waals surface area contributed by atoms with E-state index in [1.54, 1.807) is 0 Å². The first-order valence-electron chi connectivity index (χ1n) is 52.1. The summed E-state index contributed by atoms with van der Waals surface area (Å²) >= 11 is 0. The van der Waals surface area contributed by atoms with Crippen LogP contribution in [0.5, 0.6) is 0 Å². The second-order valence-corrected chi connectivity index (χ2v) is 42.2. The fraction of sp³-hybridized carbons (Fsp3) is 0.106. The highest BCUT2D eigenvalue weighted by Gasteiger charge is 2.51. The quantitative estimate of drug-likeness (QED) is 0.107. The molecule has 22 aromatic carbocycles. The number of hydrogen-bond donors (Lipinski definition) is 0. The van der Waals surface area contributed by atoms with Gasteiger partial charge in [-0.1, -0.05) is 364 Å². The van der Waals surface area contributed by atoms with Crippen LogP contribution in [0.15, 0.2) is 483 Å². The summed E-state index contributed by atoms with van der Waals surface area (Å²) in [7, 11) is 0. The van der Waals surface area contributed by atoms with Gasteiger partial charge in [0.15, 0.2) is 0 Å². The van der Waals surface area contributed by atoms with Crippen molar-refractivity contribution in [3.63, 3.8) is 0 Å². The molecule has 0 bridgehead atoms. The fourth-order valence-corrected chi connectivity index (χ4v) is 23.6. The van der Waals surface area contributed by atoms with Crippen LogP contribution in [0.3, 0.4) is 0 Å². The largest absolute Gasteiger partial charge is 0.474 e. The maximum absolute atomic E-state index is 5.74. The van der Waals surface area contributed by atoms with Gasteiger partial charge in [0.1, 0.15) is 24.0 Å². The average Bonchev–Trinajstić information content (AvgIpc) is 1.09. The van der Waals surface area contributed by atoms with E-state index >= 15 is 0 Å². The van der Waals surface area contributed by atoms with Crippen LogP contribution < -0.4 is 9.80 Å². The van der Waals surface area contributed by atoms with Crippen molar-refractivity contribution in [2.45, 2.75) is 84.5 Å². The second-order valence-electron chi connectivity index (χ2n) is 42.2. The molecule has 0 N–H and O–H groups in total. The SMILES string of the molecule is CC1(C)N=C(c2ccccc2)N(c2cncc(-c3ccc4c(-c5ccc6ccccc6c5)c5ccccc5c(-c5ccc6ccccc6c5)c4c3)c2)C1(C)C.CC1=NC(C)(C)C(C)(C)N1c1cncc(-c2ccc3c(-c4ccc5ccccc5c4)c4ccccc4c(-c4ccc5ccccc5c4)c3c2)c1.c1cc(C2=NCCO2)nc(-c2ccc3c(-c4ccc5ccccc5c4)c4ccccc4c(-c4ccc5ccccc5c4)c3c2)c1. The van der Waals surface area contributed by atoms with Crippen LogP contribution >= 0.6 is 0 Å². The zero-order valence-electron chi connectivity index (χ0n) is 85.4. The lowest BCUT2D eigenvalue weighted by Crippen LogP contribution is -2.53. The Hall–Kier alpha value is -18.2. The molecule has 28 rings (SSSR count). The summed E-state index contributed by atoms with van der Waals surface area (Å²) < 4.78 is 5.74. The number of pyridine rings is 3. The number of fused-ring (bicyclic) bond motifs is 12. The van der Waals surface area contributed by atoms with Gasteiger partial charge in [0.05, 0.1) is 58.2 Å². The Morgan fingerprint density at radius 1 is 0.220 bits per heavy atom. The van der Waals surface area contributed by atoms with E-state index < -0.39 is 0 Å². The smallest absolute Gasteiger partial charge is 0.235 e. The molecule has 0 saturated carbocycles. The van der Waals surface area contributed by atoms with Gasteiger partial charge in [0, 0.05) is 34.6 Å². The molecule has 0 spiro atoms. The maximum atomic E-state index is 5.74. The highest BCUT2D eigenvalue weighted by Crippen LogP contribution is 2.53. The number of aromatic nitrogens is 3. The third kappa shape index (κ3) is 16.0. The highest BCUT2D eigenvalue weighted by molar-refractivity contribution is 6.27. The van der Waals surface area contributed by atoms with Gasteiger partial charge in [0.25, 0.3) is 0 Å². The average molecular weight is 1930 g/mol. The molecular formula is C141H108N8O. The number of nitrogens with zero attached hydrogens (tertiary/aromatic N) is 8. The van der Waals surface area contributed by atoms with Gasteiger partial charge < -0.3 is 14.5 Å². The van der Waals surface area contributed by atoms with Crippen LogP contribution in [-0.2, 0) is 4.74 Å². The molecule has 0 radical (unpaired) electrons. The van der Waals surface area contributed by atoms with Crippen LogP contribution in [0.1, 0.15) is 73.6 Å². The van der Waals surface area contributed by atoms with Gasteiger partial charge in [-0.2, -0.15) is 0 Å². The first-order valence-corrected chi connectivity index (χ1v) is 52.1. The van der Waals surface area contributed by atoms with Gasteiger partial charge >= 0.3 is 0 Å². The number of amidine groups is 2. The topological polar surface area (TPSA) is 91.5 Å². The molecule has 718 valence electrons. The van der Waals surface area contributed by atoms with Gasteiger partial charge in [-0.05, 0) is 348 Å². The Morgan fingerprint density at radius 2 is 0.507 bits per heavy atom. The fourth-order valence-electron chi connectivity index (χ4n) is 23.6. The number of anilines is 2. The minimum atomic E-state index is -0.313. The summed E-state index contributed by atoms with van der Waals surface area (Å²) in [5, 5.41) is 29.7. The normalized spacial score (nSPS) is 14.5. The molecule has 0 fully saturated rings. The molecule has 6 heterocycles. The number of aliphatic imine (C=N–C) groups is 3. The lowest BCUT2D eigenvalue weighted by Gasteiger charge is -2.41. The molecule has 3 aromatic heterocycles.